The topological polar surface area (TPSA) is 54.7 Å². The molecule has 0 aliphatic carbocycles. The van der Waals surface area contributed by atoms with Gasteiger partial charge in [0.1, 0.15) is 5.76 Å². The minimum atomic E-state index is -4.52. The number of alkyl halides is 3. The summed E-state index contributed by atoms with van der Waals surface area (Å²) < 4.78 is 48.7. The molecule has 0 fully saturated rings. The van der Waals surface area contributed by atoms with Crippen LogP contribution < -0.4 is 5.32 Å². The van der Waals surface area contributed by atoms with Gasteiger partial charge in [0.05, 0.1) is 11.3 Å². The summed E-state index contributed by atoms with van der Waals surface area (Å²) in [7, 11) is 3.30. The van der Waals surface area contributed by atoms with Crippen molar-refractivity contribution in [3.05, 3.63) is 59.9 Å². The summed E-state index contributed by atoms with van der Waals surface area (Å²) in [4.78, 5) is 13.9. The van der Waals surface area contributed by atoms with E-state index in [4.69, 9.17) is 9.15 Å². The zero-order chi connectivity index (χ0) is 21.5. The van der Waals surface area contributed by atoms with Crippen molar-refractivity contribution < 1.29 is 27.1 Å². The molecule has 0 unspecified atom stereocenters. The Balaban J connectivity index is 2.97. The molecule has 0 bridgehead atoms. The van der Waals surface area contributed by atoms with Crippen molar-refractivity contribution in [2.75, 3.05) is 20.7 Å². The zero-order valence-corrected chi connectivity index (χ0v) is 16.8. The van der Waals surface area contributed by atoms with E-state index in [-0.39, 0.29) is 5.76 Å². The Hall–Kier alpha value is -2.48. The monoisotopic (exact) mass is 400 g/mol. The number of amides is 1. The van der Waals surface area contributed by atoms with E-state index in [9.17, 15) is 18.0 Å². The van der Waals surface area contributed by atoms with Crippen molar-refractivity contribution in [2.45, 2.75) is 39.0 Å². The van der Waals surface area contributed by atoms with Crippen molar-refractivity contribution in [1.82, 2.24) is 10.2 Å². The lowest BCUT2D eigenvalue weighted by Gasteiger charge is -2.28. The second-order valence-electron chi connectivity index (χ2n) is 6.94. The van der Waals surface area contributed by atoms with E-state index in [2.05, 4.69) is 11.9 Å². The summed E-state index contributed by atoms with van der Waals surface area (Å²) in [5.41, 5.74) is -1.01. The first-order valence-corrected chi connectivity index (χ1v) is 8.63. The summed E-state index contributed by atoms with van der Waals surface area (Å²) in [6.45, 7) is 9.03. The molecule has 5 nitrogen and oxygen atoms in total. The summed E-state index contributed by atoms with van der Waals surface area (Å²) >= 11 is 0. The summed E-state index contributed by atoms with van der Waals surface area (Å²) in [6, 6.07) is 3.16. The number of methoxy groups -OCH3 is 1. The van der Waals surface area contributed by atoms with Gasteiger partial charge in [0.25, 0.3) is 5.91 Å². The number of hydrogen-bond acceptors (Lipinski definition) is 4. The number of aryl methyl sites for hydroxylation is 1. The predicted octanol–water partition coefficient (Wildman–Crippen LogP) is 4.58. The zero-order valence-electron chi connectivity index (χ0n) is 16.8. The third kappa shape index (κ3) is 7.64. The van der Waals surface area contributed by atoms with Crippen LogP contribution in [0.15, 0.2) is 52.8 Å². The fourth-order valence-electron chi connectivity index (χ4n) is 2.00. The Morgan fingerprint density at radius 1 is 1.32 bits per heavy atom. The van der Waals surface area contributed by atoms with Crippen LogP contribution in [0.4, 0.5) is 13.2 Å². The smallest absolute Gasteiger partial charge is 0.415 e. The number of rotatable bonds is 9. The highest BCUT2D eigenvalue weighted by atomic mass is 19.4. The van der Waals surface area contributed by atoms with Crippen LogP contribution in [-0.2, 0) is 4.74 Å². The normalized spacial score (nSPS) is 13.1. The molecular weight excluding hydrogens is 373 g/mol. The number of carbonyl (C=O) groups excluding carboxylic acids is 1. The van der Waals surface area contributed by atoms with Gasteiger partial charge in [-0.15, -0.1) is 0 Å². The summed E-state index contributed by atoms with van der Waals surface area (Å²) in [5.74, 6) is 0.189. The lowest BCUT2D eigenvalue weighted by atomic mass is 10.0. The second-order valence-corrected chi connectivity index (χ2v) is 6.94. The molecule has 1 aromatic rings. The van der Waals surface area contributed by atoms with Crippen LogP contribution in [0.1, 0.15) is 36.6 Å². The third-order valence-electron chi connectivity index (χ3n) is 4.18. The lowest BCUT2D eigenvalue weighted by molar-refractivity contribution is -0.0878. The maximum absolute atomic E-state index is 12.7. The van der Waals surface area contributed by atoms with Gasteiger partial charge in [-0.05, 0) is 51.5 Å². The van der Waals surface area contributed by atoms with Gasteiger partial charge in [-0.25, -0.2) is 0 Å². The van der Waals surface area contributed by atoms with Gasteiger partial charge < -0.3 is 19.4 Å². The van der Waals surface area contributed by atoms with Gasteiger partial charge in [0.2, 0.25) is 0 Å². The fraction of sp³-hybridized carbons (Fsp3) is 0.450. The van der Waals surface area contributed by atoms with Gasteiger partial charge in [0.15, 0.2) is 5.76 Å². The summed E-state index contributed by atoms with van der Waals surface area (Å²) in [6.07, 6.45) is -0.444. The lowest BCUT2D eigenvalue weighted by Crippen LogP contribution is -2.30. The van der Waals surface area contributed by atoms with E-state index in [0.29, 0.717) is 24.4 Å². The molecule has 156 valence electrons. The Morgan fingerprint density at radius 2 is 1.96 bits per heavy atom. The minimum absolute atomic E-state index is 0.111. The summed E-state index contributed by atoms with van der Waals surface area (Å²) in [5, 5.41) is 2.54. The van der Waals surface area contributed by atoms with Crippen molar-refractivity contribution in [3.63, 3.8) is 0 Å². The molecule has 0 aromatic carbocycles. The number of nitrogens with one attached hydrogen (secondary N) is 1. The number of allylic oxidation sites excluding steroid dienone is 3. The maximum atomic E-state index is 12.7. The third-order valence-corrected chi connectivity index (χ3v) is 4.18. The highest BCUT2D eigenvalue weighted by Gasteiger charge is 2.29. The molecule has 1 aromatic heterocycles. The fourth-order valence-corrected chi connectivity index (χ4v) is 2.00. The van der Waals surface area contributed by atoms with Crippen molar-refractivity contribution >= 4 is 5.91 Å². The molecule has 0 saturated heterocycles. The van der Waals surface area contributed by atoms with Crippen LogP contribution in [0.3, 0.4) is 0 Å². The average molecular weight is 400 g/mol. The minimum Gasteiger partial charge on any atom is -0.456 e. The van der Waals surface area contributed by atoms with Crippen LogP contribution in [0.5, 0.6) is 0 Å². The molecule has 1 rings (SSSR count). The molecule has 1 heterocycles. The second kappa shape index (κ2) is 9.64. The van der Waals surface area contributed by atoms with E-state index in [0.717, 1.165) is 6.08 Å². The standard InChI is InChI=1S/C20H27F3N2O3/c1-14(20(21,22)23)7-9-16(25(5)12-11-19(3,4)27-6)13-24-18(26)17-10-8-15(2)28-17/h7-10,13H,1,11-12H2,2-6H3,(H,24,26)/b9-7-,16-13-. The molecule has 0 spiro atoms. The Morgan fingerprint density at radius 3 is 2.46 bits per heavy atom. The van der Waals surface area contributed by atoms with E-state index < -0.39 is 23.3 Å². The molecule has 8 heteroatoms. The van der Waals surface area contributed by atoms with Crippen molar-refractivity contribution in [2.24, 2.45) is 0 Å². The van der Waals surface area contributed by atoms with E-state index >= 15 is 0 Å². The SMILES string of the molecule is C=C(/C=C\C(=C\NC(=O)c1ccc(C)o1)N(C)CCC(C)(C)OC)C(F)(F)F. The molecule has 1 amide bonds. The Bertz CT molecular complexity index is 746. The highest BCUT2D eigenvalue weighted by molar-refractivity contribution is 5.92. The van der Waals surface area contributed by atoms with Crippen molar-refractivity contribution in [3.8, 4) is 0 Å². The first-order valence-electron chi connectivity index (χ1n) is 8.63. The van der Waals surface area contributed by atoms with Gasteiger partial charge in [0, 0.05) is 32.5 Å². The molecule has 1 N–H and O–H groups in total. The van der Waals surface area contributed by atoms with Gasteiger partial charge >= 0.3 is 6.18 Å². The average Bonchev–Trinajstić information content (AvgIpc) is 3.05. The quantitative estimate of drug-likeness (QED) is 0.617. The van der Waals surface area contributed by atoms with Crippen LogP contribution in [0, 0.1) is 6.92 Å². The van der Waals surface area contributed by atoms with Crippen LogP contribution in [0.25, 0.3) is 0 Å². The number of hydrogen-bond donors (Lipinski definition) is 1. The highest BCUT2D eigenvalue weighted by Crippen LogP contribution is 2.25. The number of likely N-dealkylation sites (N-methyl/N-ethyl adjacent to an activating group) is 1. The first-order chi connectivity index (χ1) is 12.9. The molecule has 0 aliphatic heterocycles. The number of ether oxygens (including phenoxy) is 1. The Kier molecular flexibility index (Phi) is 8.11. The van der Waals surface area contributed by atoms with Crippen LogP contribution in [0.2, 0.25) is 0 Å². The molecular formula is C20H27F3N2O3. The number of halogens is 3. The maximum Gasteiger partial charge on any atom is 0.415 e. The first kappa shape index (κ1) is 23.6. The molecule has 28 heavy (non-hydrogen) atoms. The largest absolute Gasteiger partial charge is 0.456 e. The number of nitrogens with zero attached hydrogens (tertiary/aromatic N) is 1. The van der Waals surface area contributed by atoms with Crippen LogP contribution >= 0.6 is 0 Å². The Labute approximate surface area is 163 Å². The van der Waals surface area contributed by atoms with Gasteiger partial charge in [-0.1, -0.05) is 6.58 Å². The van der Waals surface area contributed by atoms with Crippen LogP contribution in [-0.4, -0.2) is 43.3 Å². The van der Waals surface area contributed by atoms with Gasteiger partial charge in [-0.3, -0.25) is 4.79 Å². The number of furan rings is 1. The van der Waals surface area contributed by atoms with E-state index in [1.807, 2.05) is 13.8 Å². The number of carbonyl (C=O) groups is 1. The van der Waals surface area contributed by atoms with Crippen molar-refractivity contribution in [1.29, 1.82) is 0 Å². The van der Waals surface area contributed by atoms with E-state index in [1.54, 1.807) is 32.0 Å². The molecule has 0 aliphatic rings. The predicted molar refractivity (Wildman–Crippen MR) is 102 cm³/mol. The molecule has 0 atom stereocenters. The molecule has 0 saturated carbocycles. The van der Waals surface area contributed by atoms with Gasteiger partial charge in [-0.2, -0.15) is 13.2 Å². The van der Waals surface area contributed by atoms with E-state index in [1.165, 1.54) is 18.3 Å². The molecule has 0 radical (unpaired) electrons.